The number of rotatable bonds is 5. The van der Waals surface area contributed by atoms with Gasteiger partial charge in [-0.2, -0.15) is 0 Å². The van der Waals surface area contributed by atoms with Gasteiger partial charge >= 0.3 is 6.09 Å². The van der Waals surface area contributed by atoms with Gasteiger partial charge in [0.25, 0.3) is 0 Å². The maximum Gasteiger partial charge on any atom is 0.408 e. The minimum absolute atomic E-state index is 0.0948. The number of carbonyl (C=O) groups is 3. The molecule has 3 N–H and O–H groups in total. The predicted octanol–water partition coefficient (Wildman–Crippen LogP) is 6.27. The lowest BCUT2D eigenvalue weighted by molar-refractivity contribution is -0.137. The number of aliphatic hydroxyl groups excluding tert-OH is 1. The zero-order valence-corrected chi connectivity index (χ0v) is 27.4. The molecular weight excluding hydrogens is 506 g/mol. The van der Waals surface area contributed by atoms with Crippen molar-refractivity contribution in [1.29, 1.82) is 0 Å². The molecule has 2 fully saturated rings. The molecule has 8 heteroatoms. The second kappa shape index (κ2) is 30.5. The minimum atomic E-state index is -0.726. The molecule has 0 aromatic rings. The molecule has 0 unspecified atom stereocenters. The summed E-state index contributed by atoms with van der Waals surface area (Å²) in [6.07, 6.45) is 14.3. The Hall–Kier alpha value is -3.05. The quantitative estimate of drug-likeness (QED) is 0.206. The van der Waals surface area contributed by atoms with Gasteiger partial charge in [0.15, 0.2) is 0 Å². The summed E-state index contributed by atoms with van der Waals surface area (Å²) in [4.78, 5) is 37.3. The van der Waals surface area contributed by atoms with Crippen LogP contribution in [0.1, 0.15) is 95.4 Å². The number of hydrogen-bond donors (Lipinski definition) is 3. The van der Waals surface area contributed by atoms with Crippen molar-refractivity contribution in [2.75, 3.05) is 13.1 Å². The third-order valence-corrected chi connectivity index (χ3v) is 3.94. The molecule has 1 saturated heterocycles. The molecule has 1 aliphatic carbocycles. The van der Waals surface area contributed by atoms with E-state index in [0.717, 1.165) is 18.8 Å². The standard InChI is InChI=1S/C15H25N3O5.C5H8.C4H10.2C2H6.C2H4.C2H2/c1-15(2,3)23-14(22)16-7-12(20)18-8-10(19)6-11(18)13(21)17-9-4-5-9;1-3-5-4-2;1-4(2)3;4*1-2/h9-11,19H,4-8H2,1-3H3,(H,16,22)(H,17,21);3-5H,1H2,2H3;4H,1-3H3;2*1-2H3;1-2H2;1-2H/b;5-4-;;;;;/t10-,11-;;;;;;/m0....../s1. The van der Waals surface area contributed by atoms with Crippen LogP contribution in [0.15, 0.2) is 38.0 Å². The lowest BCUT2D eigenvalue weighted by Gasteiger charge is -2.24. The molecule has 40 heavy (non-hydrogen) atoms. The summed E-state index contributed by atoms with van der Waals surface area (Å²) in [5.74, 6) is 0.179. The first kappa shape index (κ1) is 46.8. The fraction of sp³-hybridized carbons (Fsp3) is 0.656. The van der Waals surface area contributed by atoms with Crippen molar-refractivity contribution in [3.8, 4) is 12.8 Å². The van der Waals surface area contributed by atoms with Gasteiger partial charge < -0.3 is 25.4 Å². The Morgan fingerprint density at radius 2 is 1.52 bits per heavy atom. The van der Waals surface area contributed by atoms with E-state index in [1.165, 1.54) is 4.90 Å². The van der Waals surface area contributed by atoms with Crippen molar-refractivity contribution in [3.63, 3.8) is 0 Å². The summed E-state index contributed by atoms with van der Waals surface area (Å²) < 4.78 is 5.06. The van der Waals surface area contributed by atoms with E-state index in [1.54, 1.807) is 26.8 Å². The number of amides is 3. The van der Waals surface area contributed by atoms with E-state index in [1.807, 2.05) is 46.8 Å². The second-order valence-electron chi connectivity index (χ2n) is 9.58. The number of ether oxygens (including phenoxy) is 1. The molecule has 0 aromatic heterocycles. The second-order valence-corrected chi connectivity index (χ2v) is 9.58. The Morgan fingerprint density at radius 3 is 1.85 bits per heavy atom. The zero-order chi connectivity index (χ0) is 32.9. The van der Waals surface area contributed by atoms with Crippen molar-refractivity contribution in [2.24, 2.45) is 5.92 Å². The molecule has 1 saturated carbocycles. The molecule has 2 rings (SSSR count). The first-order valence-corrected chi connectivity index (χ1v) is 14.1. The summed E-state index contributed by atoms with van der Waals surface area (Å²) in [7, 11) is 0. The molecular formula is C32H61N3O5. The molecule has 2 aliphatic rings. The van der Waals surface area contributed by atoms with Crippen LogP contribution in [0.5, 0.6) is 0 Å². The molecule has 0 spiro atoms. The van der Waals surface area contributed by atoms with Gasteiger partial charge in [-0.1, -0.05) is 73.3 Å². The summed E-state index contributed by atoms with van der Waals surface area (Å²) in [5, 5.41) is 15.0. The van der Waals surface area contributed by atoms with Crippen LogP contribution >= 0.6 is 0 Å². The van der Waals surface area contributed by atoms with Gasteiger partial charge in [0.05, 0.1) is 6.10 Å². The van der Waals surface area contributed by atoms with Crippen molar-refractivity contribution < 1.29 is 24.2 Å². The Morgan fingerprint density at radius 1 is 1.07 bits per heavy atom. The average molecular weight is 568 g/mol. The topological polar surface area (TPSA) is 108 Å². The number of carbonyl (C=O) groups excluding carboxylic acids is 3. The van der Waals surface area contributed by atoms with Gasteiger partial charge in [0.1, 0.15) is 18.2 Å². The number of nitrogens with one attached hydrogen (secondary N) is 2. The highest BCUT2D eigenvalue weighted by molar-refractivity contribution is 5.90. The van der Waals surface area contributed by atoms with E-state index in [9.17, 15) is 19.5 Å². The van der Waals surface area contributed by atoms with Crippen LogP contribution < -0.4 is 10.6 Å². The Balaban J connectivity index is -0.000000200. The number of allylic oxidation sites excluding steroid dienone is 3. The van der Waals surface area contributed by atoms with Gasteiger partial charge in [0.2, 0.25) is 11.8 Å². The number of nitrogens with zero attached hydrogens (tertiary/aromatic N) is 1. The van der Waals surface area contributed by atoms with Crippen molar-refractivity contribution in [1.82, 2.24) is 15.5 Å². The summed E-state index contributed by atoms with van der Waals surface area (Å²) in [6, 6.07) is -0.490. The molecule has 0 bridgehead atoms. The van der Waals surface area contributed by atoms with Crippen LogP contribution in [0.2, 0.25) is 0 Å². The van der Waals surface area contributed by atoms with E-state index in [0.29, 0.717) is 0 Å². The fourth-order valence-corrected chi connectivity index (χ4v) is 2.56. The normalized spacial score (nSPS) is 16.4. The molecule has 1 heterocycles. The van der Waals surface area contributed by atoms with Crippen molar-refractivity contribution >= 4 is 17.9 Å². The molecule has 1 aliphatic heterocycles. The van der Waals surface area contributed by atoms with Crippen LogP contribution in [-0.4, -0.2) is 64.8 Å². The molecule has 8 nitrogen and oxygen atoms in total. The van der Waals surface area contributed by atoms with Gasteiger partial charge in [-0.05, 0) is 46.5 Å². The smallest absolute Gasteiger partial charge is 0.408 e. The fourth-order valence-electron chi connectivity index (χ4n) is 2.56. The third-order valence-electron chi connectivity index (χ3n) is 3.94. The van der Waals surface area contributed by atoms with E-state index < -0.39 is 29.7 Å². The SMILES string of the molecule is C#C.C=C.C=C/C=C\C.CC.CC.CC(C)(C)OC(=O)NCC(=O)N1C[C@@H](O)C[C@H]1C(=O)NC1CC1.CC(C)C. The first-order valence-electron chi connectivity index (χ1n) is 14.1. The largest absolute Gasteiger partial charge is 0.444 e. The highest BCUT2D eigenvalue weighted by Crippen LogP contribution is 2.22. The van der Waals surface area contributed by atoms with Crippen LogP contribution in [0.3, 0.4) is 0 Å². The molecule has 0 radical (unpaired) electrons. The molecule has 2 atom stereocenters. The number of alkyl carbamates (subject to hydrolysis) is 1. The molecule has 0 aromatic carbocycles. The highest BCUT2D eigenvalue weighted by atomic mass is 16.6. The van der Waals surface area contributed by atoms with E-state index in [-0.39, 0.29) is 31.5 Å². The Kier molecular flexibility index (Phi) is 35.7. The predicted molar refractivity (Wildman–Crippen MR) is 171 cm³/mol. The number of aliphatic hydroxyl groups is 1. The summed E-state index contributed by atoms with van der Waals surface area (Å²) in [5.41, 5.74) is -0.649. The first-order chi connectivity index (χ1) is 18.8. The van der Waals surface area contributed by atoms with E-state index in [4.69, 9.17) is 4.74 Å². The molecule has 3 amide bonds. The maximum absolute atomic E-state index is 12.2. The number of β-amino-alcohol motifs (C(OH)–C–C–N with tert-alkyl or cyclic N) is 1. The minimum Gasteiger partial charge on any atom is -0.444 e. The van der Waals surface area contributed by atoms with Gasteiger partial charge in [0, 0.05) is 19.0 Å². The monoisotopic (exact) mass is 567 g/mol. The zero-order valence-electron chi connectivity index (χ0n) is 27.4. The van der Waals surface area contributed by atoms with Crippen LogP contribution in [-0.2, 0) is 14.3 Å². The molecule has 234 valence electrons. The summed E-state index contributed by atoms with van der Waals surface area (Å²) >= 11 is 0. The van der Waals surface area contributed by atoms with Crippen molar-refractivity contribution in [3.05, 3.63) is 38.0 Å². The van der Waals surface area contributed by atoms with Crippen LogP contribution in [0.25, 0.3) is 0 Å². The van der Waals surface area contributed by atoms with Crippen LogP contribution in [0.4, 0.5) is 4.79 Å². The lowest BCUT2D eigenvalue weighted by Crippen LogP contribution is -2.49. The number of terminal acetylenes is 1. The third kappa shape index (κ3) is 31.2. The van der Waals surface area contributed by atoms with Gasteiger partial charge in [-0.3, -0.25) is 9.59 Å². The number of likely N-dealkylation sites (tertiary alicyclic amines) is 1. The van der Waals surface area contributed by atoms with E-state index in [2.05, 4.69) is 64.0 Å². The van der Waals surface area contributed by atoms with Gasteiger partial charge in [-0.25, -0.2) is 4.79 Å². The van der Waals surface area contributed by atoms with Crippen LogP contribution in [0, 0.1) is 18.8 Å². The Bertz CT molecular complexity index is 690. The average Bonchev–Trinajstić information content (AvgIpc) is 3.64. The summed E-state index contributed by atoms with van der Waals surface area (Å²) in [6.45, 7) is 30.9. The Labute approximate surface area is 246 Å². The van der Waals surface area contributed by atoms with Crippen molar-refractivity contribution in [2.45, 2.75) is 119 Å². The highest BCUT2D eigenvalue weighted by Gasteiger charge is 2.40. The number of hydrogen-bond acceptors (Lipinski definition) is 5. The van der Waals surface area contributed by atoms with Gasteiger partial charge in [-0.15, -0.1) is 26.0 Å². The maximum atomic E-state index is 12.2. The lowest BCUT2D eigenvalue weighted by atomic mass is 10.2. The van der Waals surface area contributed by atoms with E-state index >= 15 is 0 Å².